The van der Waals surface area contributed by atoms with Gasteiger partial charge in [-0.3, -0.25) is 14.4 Å². The van der Waals surface area contributed by atoms with Gasteiger partial charge in [-0.15, -0.1) is 0 Å². The highest BCUT2D eigenvalue weighted by Crippen LogP contribution is 2.61. The molecule has 2 heterocycles. The number of benzene rings is 4. The van der Waals surface area contributed by atoms with Crippen molar-refractivity contribution in [1.82, 2.24) is 0 Å². The largest absolute Gasteiger partial charge is 0.352 e. The van der Waals surface area contributed by atoms with Gasteiger partial charge in [0, 0.05) is 32.8 Å². The zero-order valence-corrected chi connectivity index (χ0v) is 22.1. The molecule has 0 saturated carbocycles. The lowest BCUT2D eigenvalue weighted by Gasteiger charge is -2.37. The van der Waals surface area contributed by atoms with Gasteiger partial charge in [0.2, 0.25) is 0 Å². The van der Waals surface area contributed by atoms with Gasteiger partial charge < -0.3 is 4.90 Å². The molecule has 4 aromatic carbocycles. The van der Waals surface area contributed by atoms with Crippen LogP contribution in [0, 0.1) is 11.2 Å². The number of carbonyl (C=O) groups excluding carboxylic acids is 3. The van der Waals surface area contributed by atoms with E-state index < -0.39 is 29.2 Å². The number of ketones is 3. The molecule has 2 aliphatic heterocycles. The Hall–Kier alpha value is -4.16. The van der Waals surface area contributed by atoms with Crippen molar-refractivity contribution in [3.63, 3.8) is 0 Å². The third-order valence-corrected chi connectivity index (χ3v) is 8.87. The molecule has 1 aliphatic carbocycles. The summed E-state index contributed by atoms with van der Waals surface area (Å²) in [5.74, 6) is -2.06. The van der Waals surface area contributed by atoms with Crippen LogP contribution in [0.1, 0.15) is 48.1 Å². The highest BCUT2D eigenvalue weighted by molar-refractivity contribution is 9.10. The Morgan fingerprint density at radius 2 is 1.41 bits per heavy atom. The number of fused-ring (bicyclic) bond motifs is 5. The SMILES string of the molecule is O=C(c1ccc(F)cc1)C1C(c2ccc(Br)cc2)C2(C(=O)c3ccccc3C2=O)C2C=Cc3ccccc3N12. The number of nitrogens with zero attached hydrogens (tertiary/aromatic N) is 1. The third kappa shape index (κ3) is 3.24. The fourth-order valence-electron chi connectivity index (χ4n) is 6.75. The monoisotopic (exact) mass is 577 g/mol. The molecule has 0 amide bonds. The quantitative estimate of drug-likeness (QED) is 0.196. The van der Waals surface area contributed by atoms with E-state index in [2.05, 4.69) is 15.9 Å². The molecule has 0 bridgehead atoms. The zero-order valence-electron chi connectivity index (χ0n) is 20.6. The van der Waals surface area contributed by atoms with Crippen LogP contribution in [0.4, 0.5) is 10.1 Å². The lowest BCUT2D eigenvalue weighted by molar-refractivity contribution is 0.0666. The molecule has 1 fully saturated rings. The van der Waals surface area contributed by atoms with Crippen LogP contribution in [0.3, 0.4) is 0 Å². The first-order valence-corrected chi connectivity index (χ1v) is 13.5. The number of carbonyl (C=O) groups is 3. The summed E-state index contributed by atoms with van der Waals surface area (Å²) in [5.41, 5.74) is 1.92. The minimum absolute atomic E-state index is 0.272. The molecule has 6 heteroatoms. The smallest absolute Gasteiger partial charge is 0.185 e. The minimum atomic E-state index is -1.55. The van der Waals surface area contributed by atoms with Crippen molar-refractivity contribution in [1.29, 1.82) is 0 Å². The van der Waals surface area contributed by atoms with Crippen molar-refractivity contribution in [3.8, 4) is 0 Å². The molecule has 4 nitrogen and oxygen atoms in total. The highest BCUT2D eigenvalue weighted by Gasteiger charge is 2.71. The standard InChI is InChI=1S/C33H21BrFNO3/c34-22-14-9-20(10-15-22)28-29(30(37)21-11-16-23(35)17-12-21)36-26-8-4-1-5-19(26)13-18-27(36)33(28)31(38)24-6-2-3-7-25(24)32(33)39/h1-18,27-29H. The molecule has 1 spiro atoms. The summed E-state index contributed by atoms with van der Waals surface area (Å²) >= 11 is 3.49. The van der Waals surface area contributed by atoms with E-state index in [1.807, 2.05) is 65.6 Å². The Balaban J connectivity index is 1.54. The summed E-state index contributed by atoms with van der Waals surface area (Å²) in [6.07, 6.45) is 3.83. The maximum absolute atomic E-state index is 14.5. The highest BCUT2D eigenvalue weighted by atomic mass is 79.9. The number of anilines is 1. The normalized spacial score (nSPS) is 22.1. The Morgan fingerprint density at radius 1 is 0.795 bits per heavy atom. The van der Waals surface area contributed by atoms with Crippen molar-refractivity contribution in [2.45, 2.75) is 18.0 Å². The van der Waals surface area contributed by atoms with Gasteiger partial charge in [0.15, 0.2) is 17.3 Å². The Labute approximate surface area is 232 Å². The molecule has 0 N–H and O–H groups in total. The van der Waals surface area contributed by atoms with Crippen LogP contribution in [-0.4, -0.2) is 29.4 Å². The molecule has 3 unspecified atom stereocenters. The van der Waals surface area contributed by atoms with Crippen molar-refractivity contribution >= 4 is 45.0 Å². The summed E-state index contributed by atoms with van der Waals surface area (Å²) in [5, 5.41) is 0. The number of hydrogen-bond donors (Lipinski definition) is 0. The number of hydrogen-bond acceptors (Lipinski definition) is 4. The van der Waals surface area contributed by atoms with E-state index in [0.717, 1.165) is 15.7 Å². The van der Waals surface area contributed by atoms with Crippen LogP contribution in [0.5, 0.6) is 0 Å². The number of halogens is 2. The van der Waals surface area contributed by atoms with Crippen molar-refractivity contribution in [2.24, 2.45) is 5.41 Å². The van der Waals surface area contributed by atoms with E-state index in [9.17, 15) is 18.8 Å². The topological polar surface area (TPSA) is 54.5 Å². The van der Waals surface area contributed by atoms with Crippen molar-refractivity contribution < 1.29 is 18.8 Å². The van der Waals surface area contributed by atoms with Gasteiger partial charge in [-0.1, -0.05) is 82.7 Å². The second-order valence-electron chi connectivity index (χ2n) is 10.2. The molecule has 0 aromatic heterocycles. The Morgan fingerprint density at radius 3 is 2.08 bits per heavy atom. The third-order valence-electron chi connectivity index (χ3n) is 8.34. The van der Waals surface area contributed by atoms with Crippen LogP contribution in [0.15, 0.2) is 108 Å². The van der Waals surface area contributed by atoms with Gasteiger partial charge in [-0.2, -0.15) is 0 Å². The van der Waals surface area contributed by atoms with Crippen LogP contribution in [-0.2, 0) is 0 Å². The van der Waals surface area contributed by atoms with Gasteiger partial charge in [0.05, 0.1) is 6.04 Å². The fourth-order valence-corrected chi connectivity index (χ4v) is 7.01. The average Bonchev–Trinajstić information content (AvgIpc) is 3.40. The summed E-state index contributed by atoms with van der Waals surface area (Å²) in [6, 6.07) is 25.9. The molecule has 3 aliphatic rings. The van der Waals surface area contributed by atoms with E-state index in [0.29, 0.717) is 22.3 Å². The van der Waals surface area contributed by atoms with Gasteiger partial charge in [-0.25, -0.2) is 4.39 Å². The first-order chi connectivity index (χ1) is 18.9. The zero-order chi connectivity index (χ0) is 26.9. The average molecular weight is 578 g/mol. The van der Waals surface area contributed by atoms with Crippen LogP contribution in [0.2, 0.25) is 0 Å². The number of para-hydroxylation sites is 1. The van der Waals surface area contributed by atoms with E-state index in [4.69, 9.17) is 0 Å². The molecule has 0 radical (unpaired) electrons. The molecular formula is C33H21BrFNO3. The van der Waals surface area contributed by atoms with Crippen molar-refractivity contribution in [3.05, 3.63) is 141 Å². The lowest BCUT2D eigenvalue weighted by atomic mass is 9.64. The van der Waals surface area contributed by atoms with E-state index in [1.54, 1.807) is 24.3 Å². The maximum atomic E-state index is 14.5. The molecule has 4 aromatic rings. The molecule has 3 atom stereocenters. The van der Waals surface area contributed by atoms with Gasteiger partial charge in [-0.05, 0) is 53.6 Å². The fraction of sp³-hybridized carbons (Fsp3) is 0.121. The predicted octanol–water partition coefficient (Wildman–Crippen LogP) is 6.90. The molecule has 39 heavy (non-hydrogen) atoms. The molecule has 190 valence electrons. The maximum Gasteiger partial charge on any atom is 0.185 e. The predicted molar refractivity (Wildman–Crippen MR) is 151 cm³/mol. The number of Topliss-reactive ketones (excluding diaryl/α,β-unsaturated/α-hetero) is 3. The summed E-state index contributed by atoms with van der Waals surface area (Å²) in [4.78, 5) is 45.5. The molecular weight excluding hydrogens is 557 g/mol. The van der Waals surface area contributed by atoms with Gasteiger partial charge in [0.1, 0.15) is 17.3 Å². The van der Waals surface area contributed by atoms with E-state index in [1.165, 1.54) is 24.3 Å². The summed E-state index contributed by atoms with van der Waals surface area (Å²) in [6.45, 7) is 0. The first-order valence-electron chi connectivity index (χ1n) is 12.7. The minimum Gasteiger partial charge on any atom is -0.352 e. The van der Waals surface area contributed by atoms with E-state index in [-0.39, 0.29) is 17.3 Å². The molecule has 1 saturated heterocycles. The Kier molecular flexibility index (Phi) is 5.32. The van der Waals surface area contributed by atoms with Gasteiger partial charge >= 0.3 is 0 Å². The lowest BCUT2D eigenvalue weighted by Crippen LogP contribution is -2.48. The second kappa shape index (κ2) is 8.68. The van der Waals surface area contributed by atoms with Crippen molar-refractivity contribution in [2.75, 3.05) is 4.90 Å². The molecule has 7 rings (SSSR count). The van der Waals surface area contributed by atoms with Gasteiger partial charge in [0.25, 0.3) is 0 Å². The van der Waals surface area contributed by atoms with Crippen LogP contribution < -0.4 is 4.90 Å². The van der Waals surface area contributed by atoms with Crippen LogP contribution >= 0.6 is 15.9 Å². The number of rotatable bonds is 3. The summed E-state index contributed by atoms with van der Waals surface area (Å²) < 4.78 is 14.7. The first kappa shape index (κ1) is 23.9. The van der Waals surface area contributed by atoms with E-state index >= 15 is 0 Å². The van der Waals surface area contributed by atoms with Crippen LogP contribution in [0.25, 0.3) is 6.08 Å². The summed E-state index contributed by atoms with van der Waals surface area (Å²) in [7, 11) is 0. The Bertz CT molecular complexity index is 1670. The second-order valence-corrected chi connectivity index (χ2v) is 11.1.